The van der Waals surface area contributed by atoms with E-state index in [1.807, 2.05) is 0 Å². The molecule has 0 saturated heterocycles. The maximum atomic E-state index is 13.2. The molecule has 0 spiro atoms. The fraction of sp³-hybridized carbons (Fsp3) is 0.960. The van der Waals surface area contributed by atoms with Crippen molar-refractivity contribution in [2.75, 3.05) is 39.6 Å². The summed E-state index contributed by atoms with van der Waals surface area (Å²) in [5.74, 6) is -2.08. The van der Waals surface area contributed by atoms with E-state index in [0.717, 1.165) is 89.9 Å². The SMILES string of the molecule is CCCCCCCCCCCCCCCCCCCCCCCCC(=O)OC[C@H](COP(=O)(O)OC[C@@H](O)COP(=O)(O)OC[C@@H](COC(=O)CCCCCCCCCCCCCCC)OC(=O)CCCCCCCCCCCCCCCCCCCCCCC)OC(=O)CCCCCCCCCCCCCCCCCCCCCCCC. The Kier molecular flexibility index (Phi) is 91.2. The zero-order valence-electron chi connectivity index (χ0n) is 77.9. The average Bonchev–Trinajstić information content (AvgIpc) is 0.898. The van der Waals surface area contributed by atoms with Crippen LogP contribution in [0.5, 0.6) is 0 Å². The number of esters is 4. The van der Waals surface area contributed by atoms with Gasteiger partial charge in [0.1, 0.15) is 19.3 Å². The number of aliphatic hydroxyl groups is 1. The molecule has 0 saturated carbocycles. The Labute approximate surface area is 728 Å². The summed E-state index contributed by atoms with van der Waals surface area (Å²) in [6.45, 7) is 5.13. The number of phosphoric ester groups is 2. The Morgan fingerprint density at radius 3 is 0.500 bits per heavy atom. The van der Waals surface area contributed by atoms with E-state index in [2.05, 4.69) is 27.7 Å². The van der Waals surface area contributed by atoms with Gasteiger partial charge in [0.05, 0.1) is 26.4 Å². The van der Waals surface area contributed by atoms with Crippen LogP contribution in [0, 0.1) is 0 Å². The quantitative estimate of drug-likeness (QED) is 0.0222. The second-order valence-electron chi connectivity index (χ2n) is 35.5. The van der Waals surface area contributed by atoms with Crippen molar-refractivity contribution in [3.05, 3.63) is 0 Å². The lowest BCUT2D eigenvalue weighted by Crippen LogP contribution is -2.30. The Morgan fingerprint density at radius 1 is 0.203 bits per heavy atom. The van der Waals surface area contributed by atoms with Crippen molar-refractivity contribution >= 4 is 39.5 Å². The summed E-state index contributed by atoms with van der Waals surface area (Å²) in [6, 6.07) is 0. The van der Waals surface area contributed by atoms with Crippen LogP contribution in [0.4, 0.5) is 0 Å². The number of carbonyl (C=O) groups excluding carboxylic acids is 4. The van der Waals surface area contributed by atoms with Crippen molar-refractivity contribution in [1.82, 2.24) is 0 Å². The third-order valence-corrected chi connectivity index (χ3v) is 25.5. The maximum absolute atomic E-state index is 13.2. The van der Waals surface area contributed by atoms with Gasteiger partial charge >= 0.3 is 39.5 Å². The van der Waals surface area contributed by atoms with Crippen LogP contribution in [-0.4, -0.2) is 96.7 Å². The molecular weight excluding hydrogens is 1520 g/mol. The van der Waals surface area contributed by atoms with Gasteiger partial charge in [0.2, 0.25) is 0 Å². The van der Waals surface area contributed by atoms with E-state index in [1.54, 1.807) is 0 Å². The molecule has 0 bridgehead atoms. The van der Waals surface area contributed by atoms with E-state index in [4.69, 9.17) is 37.0 Å². The molecule has 702 valence electrons. The molecule has 0 aliphatic heterocycles. The van der Waals surface area contributed by atoms with E-state index in [1.165, 1.54) is 385 Å². The van der Waals surface area contributed by atoms with Crippen LogP contribution in [0.25, 0.3) is 0 Å². The molecule has 0 amide bonds. The van der Waals surface area contributed by atoms with E-state index >= 15 is 0 Å². The largest absolute Gasteiger partial charge is 0.472 e. The molecule has 0 radical (unpaired) electrons. The summed E-state index contributed by atoms with van der Waals surface area (Å²) in [5, 5.41) is 10.7. The molecule has 0 aliphatic rings. The fourth-order valence-electron chi connectivity index (χ4n) is 15.8. The van der Waals surface area contributed by atoms with Crippen LogP contribution in [0.2, 0.25) is 0 Å². The van der Waals surface area contributed by atoms with E-state index in [-0.39, 0.29) is 25.7 Å². The van der Waals surface area contributed by atoms with E-state index in [0.29, 0.717) is 25.7 Å². The molecule has 0 heterocycles. The van der Waals surface area contributed by atoms with Gasteiger partial charge in [0.25, 0.3) is 0 Å². The van der Waals surface area contributed by atoms with Gasteiger partial charge in [-0.25, -0.2) is 9.13 Å². The van der Waals surface area contributed by atoms with E-state index < -0.39 is 97.5 Å². The third kappa shape index (κ3) is 91.7. The Balaban J connectivity index is 5.24. The number of unbranched alkanes of at least 4 members (excludes halogenated alkanes) is 74. The van der Waals surface area contributed by atoms with Gasteiger partial charge in [-0.05, 0) is 25.7 Å². The van der Waals surface area contributed by atoms with Crippen molar-refractivity contribution < 1.29 is 80.2 Å². The molecule has 0 rings (SSSR count). The predicted molar refractivity (Wildman–Crippen MR) is 492 cm³/mol. The van der Waals surface area contributed by atoms with Gasteiger partial charge in [0, 0.05) is 25.7 Å². The molecule has 0 aliphatic carbocycles. The second kappa shape index (κ2) is 92.7. The van der Waals surface area contributed by atoms with Crippen LogP contribution >= 0.6 is 15.6 Å². The smallest absolute Gasteiger partial charge is 0.462 e. The van der Waals surface area contributed by atoms with Crippen molar-refractivity contribution in [3.8, 4) is 0 Å². The van der Waals surface area contributed by atoms with Crippen molar-refractivity contribution in [3.63, 3.8) is 0 Å². The van der Waals surface area contributed by atoms with Crippen molar-refractivity contribution in [2.45, 2.75) is 573 Å². The summed E-state index contributed by atoms with van der Waals surface area (Å²) in [4.78, 5) is 73.7. The monoisotopic (exact) mass is 1720 g/mol. The molecule has 2 unspecified atom stereocenters. The Morgan fingerprint density at radius 2 is 0.339 bits per heavy atom. The fourth-order valence-corrected chi connectivity index (χ4v) is 17.4. The highest BCUT2D eigenvalue weighted by atomic mass is 31.2. The summed E-state index contributed by atoms with van der Waals surface area (Å²) in [7, 11) is -9.95. The summed E-state index contributed by atoms with van der Waals surface area (Å²) >= 11 is 0. The van der Waals surface area contributed by atoms with Gasteiger partial charge in [-0.15, -0.1) is 0 Å². The average molecular weight is 1720 g/mol. The zero-order chi connectivity index (χ0) is 85.9. The van der Waals surface area contributed by atoms with Gasteiger partial charge in [-0.1, -0.05) is 503 Å². The molecule has 17 nitrogen and oxygen atoms in total. The zero-order valence-corrected chi connectivity index (χ0v) is 79.7. The highest BCUT2D eigenvalue weighted by Crippen LogP contribution is 2.45. The number of hydrogen-bond acceptors (Lipinski definition) is 15. The topological polar surface area (TPSA) is 237 Å². The normalized spacial score (nSPS) is 13.5. The lowest BCUT2D eigenvalue weighted by molar-refractivity contribution is -0.161. The van der Waals surface area contributed by atoms with Gasteiger partial charge < -0.3 is 33.8 Å². The number of ether oxygens (including phenoxy) is 4. The highest BCUT2D eigenvalue weighted by molar-refractivity contribution is 7.47. The lowest BCUT2D eigenvalue weighted by atomic mass is 10.0. The minimum atomic E-state index is -4.97. The maximum Gasteiger partial charge on any atom is 0.472 e. The number of rotatable bonds is 100. The first-order chi connectivity index (χ1) is 57.7. The number of aliphatic hydroxyl groups excluding tert-OH is 1. The first-order valence-corrected chi connectivity index (χ1v) is 54.3. The summed E-state index contributed by atoms with van der Waals surface area (Å²) < 4.78 is 69.3. The minimum Gasteiger partial charge on any atom is -0.462 e. The standard InChI is InChI=1S/C99H194O17P2/c1-5-9-13-17-21-25-29-33-36-39-42-45-48-50-53-56-60-64-68-72-76-80-84-97(102)110-90-95(116-99(104)86-82-78-74-70-66-62-58-55-52-49-46-43-40-37-34-30-26-22-18-14-10-6-2)92-114-118(107,108)112-88-93(100)87-111-117(105,106)113-91-94(89-109-96(101)83-79-75-71-67-63-59-32-28-24-20-16-12-8-4)115-98(103)85-81-77-73-69-65-61-57-54-51-47-44-41-38-35-31-27-23-19-15-11-7-3/h93-95,100H,5-92H2,1-4H3,(H,105,106)(H,107,108)/t93-,94+,95+/m0/s1. The van der Waals surface area contributed by atoms with E-state index in [9.17, 15) is 43.2 Å². The molecule has 118 heavy (non-hydrogen) atoms. The van der Waals surface area contributed by atoms with Crippen molar-refractivity contribution in [2.24, 2.45) is 0 Å². The molecule has 0 aromatic heterocycles. The first kappa shape index (κ1) is 116. The first-order valence-electron chi connectivity index (χ1n) is 51.3. The van der Waals surface area contributed by atoms with Crippen LogP contribution in [0.15, 0.2) is 0 Å². The molecule has 0 fully saturated rings. The van der Waals surface area contributed by atoms with Crippen LogP contribution in [0.1, 0.15) is 554 Å². The van der Waals surface area contributed by atoms with Gasteiger partial charge in [-0.3, -0.25) is 37.3 Å². The third-order valence-electron chi connectivity index (χ3n) is 23.6. The Hall–Kier alpha value is -1.94. The van der Waals surface area contributed by atoms with Gasteiger partial charge in [0.15, 0.2) is 12.2 Å². The number of phosphoric acid groups is 2. The molecule has 5 atom stereocenters. The number of hydrogen-bond donors (Lipinski definition) is 3. The molecule has 0 aromatic carbocycles. The van der Waals surface area contributed by atoms with Crippen LogP contribution < -0.4 is 0 Å². The van der Waals surface area contributed by atoms with Crippen molar-refractivity contribution in [1.29, 1.82) is 0 Å². The molecule has 3 N–H and O–H groups in total. The molecular formula is C99H194O17P2. The Bertz CT molecular complexity index is 2210. The van der Waals surface area contributed by atoms with Crippen LogP contribution in [-0.2, 0) is 65.4 Å². The lowest BCUT2D eigenvalue weighted by Gasteiger charge is -2.21. The number of carbonyl (C=O) groups is 4. The van der Waals surface area contributed by atoms with Crippen LogP contribution in [0.3, 0.4) is 0 Å². The molecule has 19 heteroatoms. The minimum absolute atomic E-state index is 0.110. The summed E-state index contributed by atoms with van der Waals surface area (Å²) in [6.07, 6.45) is 93.4. The second-order valence-corrected chi connectivity index (χ2v) is 38.4. The van der Waals surface area contributed by atoms with Gasteiger partial charge in [-0.2, -0.15) is 0 Å². The predicted octanol–water partition coefficient (Wildman–Crippen LogP) is 31.6. The highest BCUT2D eigenvalue weighted by Gasteiger charge is 2.31. The summed E-state index contributed by atoms with van der Waals surface area (Å²) in [5.41, 5.74) is 0. The molecule has 0 aromatic rings.